The molecule has 0 aliphatic heterocycles. The van der Waals surface area contributed by atoms with Crippen LogP contribution < -0.4 is 9.44 Å². The molecule has 8 nitrogen and oxygen atoms in total. The number of nitriles is 2. The molecule has 0 fully saturated rings. The summed E-state index contributed by atoms with van der Waals surface area (Å²) in [5, 5.41) is 18.3. The van der Waals surface area contributed by atoms with Crippen LogP contribution in [0.25, 0.3) is 0 Å². The Balaban J connectivity index is 1.90. The molecule has 0 aromatic heterocycles. The lowest BCUT2D eigenvalue weighted by molar-refractivity contribution is 0.599. The largest absolute Gasteiger partial charge is 0.280 e. The van der Waals surface area contributed by atoms with Crippen molar-refractivity contribution in [1.82, 2.24) is 0 Å². The van der Waals surface area contributed by atoms with E-state index in [4.69, 9.17) is 10.5 Å². The second-order valence-electron chi connectivity index (χ2n) is 6.01. The molecule has 0 bridgehead atoms. The Hall–Kier alpha value is -3.86. The summed E-state index contributed by atoms with van der Waals surface area (Å²) < 4.78 is 55.2. The van der Waals surface area contributed by atoms with Gasteiger partial charge in [0.05, 0.1) is 22.5 Å². The van der Waals surface area contributed by atoms with E-state index in [0.29, 0.717) is 0 Å². The normalized spacial score (nSPS) is 11.1. The van der Waals surface area contributed by atoms with E-state index in [9.17, 15) is 16.8 Å². The maximum absolute atomic E-state index is 12.6. The van der Waals surface area contributed by atoms with Crippen molar-refractivity contribution in [2.75, 3.05) is 9.44 Å². The van der Waals surface area contributed by atoms with Crippen molar-refractivity contribution >= 4 is 31.4 Å². The Morgan fingerprint density at radius 3 is 1.40 bits per heavy atom. The molecule has 0 amide bonds. The Morgan fingerprint density at radius 1 is 0.600 bits per heavy atom. The molecule has 0 aliphatic rings. The highest BCUT2D eigenvalue weighted by molar-refractivity contribution is 7.93. The Labute approximate surface area is 174 Å². The highest BCUT2D eigenvalue weighted by atomic mass is 32.2. The molecule has 0 aliphatic carbocycles. The van der Waals surface area contributed by atoms with E-state index < -0.39 is 20.0 Å². The van der Waals surface area contributed by atoms with E-state index in [1.54, 1.807) is 12.1 Å². The van der Waals surface area contributed by atoms with Gasteiger partial charge in [-0.15, -0.1) is 0 Å². The topological polar surface area (TPSA) is 140 Å². The minimum Gasteiger partial charge on any atom is -0.280 e. The van der Waals surface area contributed by atoms with Crippen LogP contribution in [-0.4, -0.2) is 16.8 Å². The predicted molar refractivity (Wildman–Crippen MR) is 110 cm³/mol. The highest BCUT2D eigenvalue weighted by Gasteiger charge is 2.20. The summed E-state index contributed by atoms with van der Waals surface area (Å²) in [5.41, 5.74) is 0.151. The van der Waals surface area contributed by atoms with Crippen LogP contribution >= 0.6 is 0 Å². The zero-order valence-corrected chi connectivity index (χ0v) is 16.9. The Morgan fingerprint density at radius 2 is 1.00 bits per heavy atom. The van der Waals surface area contributed by atoms with Crippen LogP contribution in [0.1, 0.15) is 11.1 Å². The van der Waals surface area contributed by atoms with Gasteiger partial charge in [-0.05, 0) is 42.5 Å². The lowest BCUT2D eigenvalue weighted by atomic mass is 10.2. The molecule has 0 saturated heterocycles. The molecule has 150 valence electrons. The van der Waals surface area contributed by atoms with Gasteiger partial charge in [-0.3, -0.25) is 9.44 Å². The van der Waals surface area contributed by atoms with Crippen LogP contribution in [-0.2, 0) is 20.0 Å². The van der Waals surface area contributed by atoms with E-state index in [-0.39, 0.29) is 32.3 Å². The zero-order chi connectivity index (χ0) is 21.8. The third-order valence-electron chi connectivity index (χ3n) is 3.96. The number of nitrogens with one attached hydrogen (secondary N) is 2. The lowest BCUT2D eigenvalue weighted by Crippen LogP contribution is -2.16. The Bertz CT molecular complexity index is 1300. The Kier molecular flexibility index (Phi) is 5.74. The van der Waals surface area contributed by atoms with Crippen molar-refractivity contribution < 1.29 is 16.8 Å². The fraction of sp³-hybridized carbons (Fsp3) is 0. The average molecular weight is 438 g/mol. The monoisotopic (exact) mass is 438 g/mol. The summed E-state index contributed by atoms with van der Waals surface area (Å²) in [7, 11) is -8.14. The second-order valence-corrected chi connectivity index (χ2v) is 9.31. The quantitative estimate of drug-likeness (QED) is 0.606. The molecule has 0 saturated carbocycles. The van der Waals surface area contributed by atoms with E-state index >= 15 is 0 Å². The predicted octanol–water partition coefficient (Wildman–Crippen LogP) is 3.03. The number of sulfonamides is 2. The van der Waals surface area contributed by atoms with Gasteiger partial charge < -0.3 is 0 Å². The molecule has 30 heavy (non-hydrogen) atoms. The number of benzene rings is 3. The SMILES string of the molecule is N#Cc1ccccc1S(=O)(=O)Nc1cccc(NS(=O)(=O)c2ccccc2C#N)c1. The summed E-state index contributed by atoms with van der Waals surface area (Å²) in [6, 6.07) is 20.7. The van der Waals surface area contributed by atoms with Crippen molar-refractivity contribution in [3.8, 4) is 12.1 Å². The van der Waals surface area contributed by atoms with Gasteiger partial charge in [0.1, 0.15) is 21.9 Å². The summed E-state index contributed by atoms with van der Waals surface area (Å²) in [6.45, 7) is 0. The first-order chi connectivity index (χ1) is 14.3. The van der Waals surface area contributed by atoms with Gasteiger partial charge in [0.15, 0.2) is 0 Å². The van der Waals surface area contributed by atoms with E-state index in [2.05, 4.69) is 9.44 Å². The van der Waals surface area contributed by atoms with Gasteiger partial charge in [0.25, 0.3) is 20.0 Å². The molecule has 3 aromatic carbocycles. The van der Waals surface area contributed by atoms with Crippen molar-refractivity contribution in [2.45, 2.75) is 9.79 Å². The molecule has 0 unspecified atom stereocenters. The first kappa shape index (κ1) is 20.9. The minimum atomic E-state index is -4.07. The van der Waals surface area contributed by atoms with Crippen LogP contribution in [0.4, 0.5) is 11.4 Å². The van der Waals surface area contributed by atoms with Gasteiger partial charge >= 0.3 is 0 Å². The van der Waals surface area contributed by atoms with Crippen molar-refractivity contribution in [3.05, 3.63) is 83.9 Å². The first-order valence-electron chi connectivity index (χ1n) is 8.41. The van der Waals surface area contributed by atoms with Gasteiger partial charge in [-0.25, -0.2) is 16.8 Å². The fourth-order valence-electron chi connectivity index (χ4n) is 2.65. The summed E-state index contributed by atoms with van der Waals surface area (Å²) >= 11 is 0. The summed E-state index contributed by atoms with van der Waals surface area (Å²) in [6.07, 6.45) is 0. The van der Waals surface area contributed by atoms with Crippen LogP contribution in [0, 0.1) is 22.7 Å². The standard InChI is InChI=1S/C20H14N4O4S2/c21-13-15-6-1-3-10-19(15)29(25,26)23-17-8-5-9-18(12-17)24-30(27,28)20-11-4-2-7-16(20)14-22/h1-12,23-24H. The molecule has 3 aromatic rings. The molecule has 0 radical (unpaired) electrons. The number of hydrogen-bond acceptors (Lipinski definition) is 6. The highest BCUT2D eigenvalue weighted by Crippen LogP contribution is 2.24. The van der Waals surface area contributed by atoms with Crippen LogP contribution in [0.3, 0.4) is 0 Å². The molecule has 0 heterocycles. The van der Waals surface area contributed by atoms with Crippen LogP contribution in [0.2, 0.25) is 0 Å². The van der Waals surface area contributed by atoms with E-state index in [0.717, 1.165) is 0 Å². The molecule has 2 N–H and O–H groups in total. The molecule has 0 atom stereocenters. The van der Waals surface area contributed by atoms with Crippen molar-refractivity contribution in [2.24, 2.45) is 0 Å². The number of rotatable bonds is 6. The summed E-state index contributed by atoms with van der Waals surface area (Å²) in [4.78, 5) is -0.386. The van der Waals surface area contributed by atoms with E-state index in [1.807, 2.05) is 12.1 Å². The second kappa shape index (κ2) is 8.25. The number of nitrogens with zero attached hydrogens (tertiary/aromatic N) is 2. The van der Waals surface area contributed by atoms with Gasteiger partial charge in [0, 0.05) is 0 Å². The fourth-order valence-corrected chi connectivity index (χ4v) is 5.07. The van der Waals surface area contributed by atoms with Crippen molar-refractivity contribution in [3.63, 3.8) is 0 Å². The third kappa shape index (κ3) is 4.41. The third-order valence-corrected chi connectivity index (χ3v) is 6.84. The average Bonchev–Trinajstić information content (AvgIpc) is 2.73. The molecule has 10 heteroatoms. The minimum absolute atomic E-state index is 0.0185. The van der Waals surface area contributed by atoms with Gasteiger partial charge in [-0.1, -0.05) is 30.3 Å². The lowest BCUT2D eigenvalue weighted by Gasteiger charge is -2.12. The molecule has 0 spiro atoms. The van der Waals surface area contributed by atoms with Gasteiger partial charge in [0.2, 0.25) is 0 Å². The number of hydrogen-bond donors (Lipinski definition) is 2. The zero-order valence-electron chi connectivity index (χ0n) is 15.3. The molecular formula is C20H14N4O4S2. The maximum atomic E-state index is 12.6. The summed E-state index contributed by atoms with van der Waals surface area (Å²) in [5.74, 6) is 0. The van der Waals surface area contributed by atoms with Crippen molar-refractivity contribution in [1.29, 1.82) is 10.5 Å². The van der Waals surface area contributed by atoms with E-state index in [1.165, 1.54) is 60.7 Å². The smallest absolute Gasteiger partial charge is 0.263 e. The molecular weight excluding hydrogens is 424 g/mol. The van der Waals surface area contributed by atoms with Gasteiger partial charge in [-0.2, -0.15) is 10.5 Å². The maximum Gasteiger partial charge on any atom is 0.263 e. The first-order valence-corrected chi connectivity index (χ1v) is 11.4. The molecule has 3 rings (SSSR count). The van der Waals surface area contributed by atoms with Crippen LogP contribution in [0.15, 0.2) is 82.6 Å². The van der Waals surface area contributed by atoms with Crippen LogP contribution in [0.5, 0.6) is 0 Å². The number of anilines is 2.